The Morgan fingerprint density at radius 2 is 1.82 bits per heavy atom. The van der Waals surface area contributed by atoms with Gasteiger partial charge in [0.2, 0.25) is 5.95 Å². The zero-order valence-electron chi connectivity index (χ0n) is 15.6. The Hall–Kier alpha value is -3.32. The quantitative estimate of drug-likeness (QED) is 0.638. The zero-order valence-corrected chi connectivity index (χ0v) is 16.4. The van der Waals surface area contributed by atoms with Crippen LogP contribution in [-0.2, 0) is 0 Å². The van der Waals surface area contributed by atoms with Crippen molar-refractivity contribution < 1.29 is 14.3 Å². The van der Waals surface area contributed by atoms with Gasteiger partial charge in [-0.3, -0.25) is 4.79 Å². The van der Waals surface area contributed by atoms with Gasteiger partial charge >= 0.3 is 0 Å². The number of hydrogen-bond donors (Lipinski definition) is 2. The highest BCUT2D eigenvalue weighted by Gasteiger charge is 2.11. The van der Waals surface area contributed by atoms with Crippen LogP contribution >= 0.6 is 11.6 Å². The molecule has 0 bridgehead atoms. The minimum atomic E-state index is -0.320. The first-order chi connectivity index (χ1) is 13.5. The summed E-state index contributed by atoms with van der Waals surface area (Å²) < 4.78 is 10.5. The number of hydrogen-bond acceptors (Lipinski definition) is 6. The number of benzene rings is 2. The fourth-order valence-corrected chi connectivity index (χ4v) is 2.62. The van der Waals surface area contributed by atoms with Crippen molar-refractivity contribution >= 4 is 34.8 Å². The molecule has 2 aromatic carbocycles. The van der Waals surface area contributed by atoms with Crippen molar-refractivity contribution in [1.29, 1.82) is 0 Å². The second kappa shape index (κ2) is 8.58. The van der Waals surface area contributed by atoms with Gasteiger partial charge in [-0.2, -0.15) is 0 Å². The Morgan fingerprint density at radius 3 is 2.50 bits per heavy atom. The monoisotopic (exact) mass is 398 g/mol. The number of anilines is 3. The first-order valence-corrected chi connectivity index (χ1v) is 8.76. The third kappa shape index (κ3) is 4.50. The molecule has 1 amide bonds. The number of ether oxygens (including phenoxy) is 2. The maximum absolute atomic E-state index is 12.4. The van der Waals surface area contributed by atoms with Crippen molar-refractivity contribution in [3.05, 3.63) is 64.9 Å². The molecular weight excluding hydrogens is 380 g/mol. The number of nitrogens with one attached hydrogen (secondary N) is 2. The van der Waals surface area contributed by atoms with Crippen LogP contribution in [0.15, 0.2) is 48.8 Å². The van der Waals surface area contributed by atoms with Crippen LogP contribution in [0.5, 0.6) is 11.5 Å². The third-order valence-corrected chi connectivity index (χ3v) is 4.38. The first kappa shape index (κ1) is 19.4. The Kier molecular flexibility index (Phi) is 5.96. The molecule has 3 rings (SSSR count). The molecule has 1 aromatic heterocycles. The van der Waals surface area contributed by atoms with Crippen molar-refractivity contribution in [1.82, 2.24) is 9.97 Å². The molecule has 0 saturated carbocycles. The van der Waals surface area contributed by atoms with Crippen LogP contribution in [0.25, 0.3) is 0 Å². The van der Waals surface area contributed by atoms with E-state index >= 15 is 0 Å². The Morgan fingerprint density at radius 1 is 1.07 bits per heavy atom. The fraction of sp³-hybridized carbons (Fsp3) is 0.150. The molecule has 8 heteroatoms. The van der Waals surface area contributed by atoms with Gasteiger partial charge in [0.25, 0.3) is 5.91 Å². The zero-order chi connectivity index (χ0) is 20.1. The van der Waals surface area contributed by atoms with Crippen molar-refractivity contribution in [2.24, 2.45) is 0 Å². The highest BCUT2D eigenvalue weighted by Crippen LogP contribution is 2.32. The number of amides is 1. The minimum absolute atomic E-state index is 0.320. The van der Waals surface area contributed by atoms with Crippen LogP contribution in [-0.4, -0.2) is 30.1 Å². The lowest BCUT2D eigenvalue weighted by atomic mass is 10.2. The molecule has 0 atom stereocenters. The molecule has 0 unspecified atom stereocenters. The van der Waals surface area contributed by atoms with E-state index in [0.29, 0.717) is 39.4 Å². The molecular formula is C20H19ClN4O3. The van der Waals surface area contributed by atoms with E-state index < -0.39 is 0 Å². The van der Waals surface area contributed by atoms with Crippen molar-refractivity contribution in [3.8, 4) is 11.5 Å². The largest absolute Gasteiger partial charge is 0.497 e. The van der Waals surface area contributed by atoms with Gasteiger partial charge < -0.3 is 20.1 Å². The summed E-state index contributed by atoms with van der Waals surface area (Å²) in [5.41, 5.74) is 2.51. The standard InChI is InChI=1S/C20H19ClN4O3/c1-12-7-17(18(28-3)9-16(12)21)25-20-22-10-13(11-23-20)19(26)24-14-5-4-6-15(8-14)27-2/h4-11H,1-3H3,(H,24,26)(H,22,23,25). The van der Waals surface area contributed by atoms with E-state index in [-0.39, 0.29) is 5.91 Å². The number of rotatable bonds is 6. The van der Waals surface area contributed by atoms with Gasteiger partial charge in [0.1, 0.15) is 11.5 Å². The number of methoxy groups -OCH3 is 2. The summed E-state index contributed by atoms with van der Waals surface area (Å²) in [5, 5.41) is 6.45. The van der Waals surface area contributed by atoms with Gasteiger partial charge in [0.15, 0.2) is 0 Å². The summed E-state index contributed by atoms with van der Waals surface area (Å²) in [6.07, 6.45) is 2.89. The number of aromatic nitrogens is 2. The van der Waals surface area contributed by atoms with Crippen LogP contribution in [0.2, 0.25) is 5.02 Å². The first-order valence-electron chi connectivity index (χ1n) is 8.38. The topological polar surface area (TPSA) is 85.4 Å². The number of carbonyl (C=O) groups excluding carboxylic acids is 1. The van der Waals surface area contributed by atoms with Gasteiger partial charge in [-0.25, -0.2) is 9.97 Å². The number of aryl methyl sites for hydroxylation is 1. The Labute approximate surface area is 167 Å². The molecule has 0 fully saturated rings. The van der Waals surface area contributed by atoms with Crippen LogP contribution in [0.4, 0.5) is 17.3 Å². The average Bonchev–Trinajstić information content (AvgIpc) is 2.71. The molecule has 0 aliphatic carbocycles. The molecule has 144 valence electrons. The van der Waals surface area contributed by atoms with Gasteiger partial charge in [-0.1, -0.05) is 17.7 Å². The van der Waals surface area contributed by atoms with Crippen molar-refractivity contribution in [2.75, 3.05) is 24.9 Å². The molecule has 0 spiro atoms. The van der Waals surface area contributed by atoms with Crippen LogP contribution in [0, 0.1) is 6.92 Å². The van der Waals surface area contributed by atoms with Gasteiger partial charge in [0, 0.05) is 35.2 Å². The predicted octanol–water partition coefficient (Wildman–Crippen LogP) is 4.45. The molecule has 3 aromatic rings. The normalized spacial score (nSPS) is 10.3. The average molecular weight is 399 g/mol. The van der Waals surface area contributed by atoms with Crippen molar-refractivity contribution in [3.63, 3.8) is 0 Å². The number of carbonyl (C=O) groups is 1. The van der Waals surface area contributed by atoms with E-state index in [1.165, 1.54) is 12.4 Å². The Bertz CT molecular complexity index is 993. The number of nitrogens with zero attached hydrogens (tertiary/aromatic N) is 2. The van der Waals surface area contributed by atoms with Crippen molar-refractivity contribution in [2.45, 2.75) is 6.92 Å². The summed E-state index contributed by atoms with van der Waals surface area (Å²) in [5.74, 6) is 1.23. The Balaban J connectivity index is 1.73. The summed E-state index contributed by atoms with van der Waals surface area (Å²) >= 11 is 6.12. The van der Waals surface area contributed by atoms with E-state index in [9.17, 15) is 4.79 Å². The van der Waals surface area contributed by atoms with E-state index in [0.717, 1.165) is 5.56 Å². The smallest absolute Gasteiger partial charge is 0.258 e. The highest BCUT2D eigenvalue weighted by molar-refractivity contribution is 6.31. The molecule has 0 aliphatic rings. The molecule has 0 radical (unpaired) electrons. The molecule has 1 heterocycles. The summed E-state index contributed by atoms with van der Waals surface area (Å²) in [6.45, 7) is 1.89. The molecule has 2 N–H and O–H groups in total. The predicted molar refractivity (Wildman–Crippen MR) is 109 cm³/mol. The second-order valence-electron chi connectivity index (χ2n) is 5.91. The lowest BCUT2D eigenvalue weighted by Gasteiger charge is -2.12. The van der Waals surface area contributed by atoms with Gasteiger partial charge in [-0.15, -0.1) is 0 Å². The maximum Gasteiger partial charge on any atom is 0.258 e. The lowest BCUT2D eigenvalue weighted by molar-refractivity contribution is 0.102. The van der Waals surface area contributed by atoms with Crippen LogP contribution < -0.4 is 20.1 Å². The van der Waals surface area contributed by atoms with Crippen LogP contribution in [0.3, 0.4) is 0 Å². The molecule has 28 heavy (non-hydrogen) atoms. The summed E-state index contributed by atoms with van der Waals surface area (Å²) in [7, 11) is 3.12. The minimum Gasteiger partial charge on any atom is -0.497 e. The van der Waals surface area contributed by atoms with E-state index in [2.05, 4.69) is 20.6 Å². The van der Waals surface area contributed by atoms with Gasteiger partial charge in [0.05, 0.1) is 25.5 Å². The molecule has 7 nitrogen and oxygen atoms in total. The summed E-state index contributed by atoms with van der Waals surface area (Å²) in [4.78, 5) is 20.8. The summed E-state index contributed by atoms with van der Waals surface area (Å²) in [6, 6.07) is 10.6. The van der Waals surface area contributed by atoms with E-state index in [1.54, 1.807) is 44.6 Å². The molecule has 0 saturated heterocycles. The van der Waals surface area contributed by atoms with Crippen LogP contribution in [0.1, 0.15) is 15.9 Å². The maximum atomic E-state index is 12.4. The molecule has 0 aliphatic heterocycles. The SMILES string of the molecule is COc1cccc(NC(=O)c2cnc(Nc3cc(C)c(Cl)cc3OC)nc2)c1. The second-order valence-corrected chi connectivity index (χ2v) is 6.32. The van der Waals surface area contributed by atoms with E-state index in [1.807, 2.05) is 13.0 Å². The lowest BCUT2D eigenvalue weighted by Crippen LogP contribution is -2.13. The number of halogens is 1. The van der Waals surface area contributed by atoms with E-state index in [4.69, 9.17) is 21.1 Å². The van der Waals surface area contributed by atoms with Gasteiger partial charge in [-0.05, 0) is 30.7 Å². The highest BCUT2D eigenvalue weighted by atomic mass is 35.5. The third-order valence-electron chi connectivity index (χ3n) is 3.97. The fourth-order valence-electron chi connectivity index (χ4n) is 2.46.